The van der Waals surface area contributed by atoms with Gasteiger partial charge in [0, 0.05) is 10.7 Å². The highest BCUT2D eigenvalue weighted by Crippen LogP contribution is 2.11. The monoisotopic (exact) mass is 193 g/mol. The van der Waals surface area contributed by atoms with Gasteiger partial charge in [-0.2, -0.15) is 0 Å². The van der Waals surface area contributed by atoms with Crippen LogP contribution in [-0.2, 0) is 9.05 Å². The van der Waals surface area contributed by atoms with E-state index in [1.54, 1.807) is 0 Å². The molecule has 0 aliphatic carbocycles. The number of nitrogens with zero attached hydrogens (tertiary/aromatic N) is 2. The van der Waals surface area contributed by atoms with E-state index in [0.717, 1.165) is 12.4 Å². The molecule has 0 aromatic carbocycles. The zero-order valence-corrected chi connectivity index (χ0v) is 6.80. The van der Waals surface area contributed by atoms with E-state index in [-0.39, 0.29) is 10.8 Å². The zero-order valence-electron chi connectivity index (χ0n) is 5.23. The Labute approximate surface area is 67.6 Å². The van der Waals surface area contributed by atoms with Crippen LogP contribution in [0, 0.1) is 0 Å². The Morgan fingerprint density at radius 3 is 2.18 bits per heavy atom. The molecule has 1 aromatic heterocycles. The predicted octanol–water partition coefficient (Wildman–Crippen LogP) is -0.0137. The fourth-order valence-electron chi connectivity index (χ4n) is 0.452. The van der Waals surface area contributed by atoms with Crippen LogP contribution in [0.25, 0.3) is 0 Å². The van der Waals surface area contributed by atoms with Gasteiger partial charge < -0.3 is 5.73 Å². The second-order valence-corrected chi connectivity index (χ2v) is 4.28. The molecule has 0 aliphatic rings. The molecule has 0 amide bonds. The van der Waals surface area contributed by atoms with Crippen LogP contribution < -0.4 is 5.73 Å². The van der Waals surface area contributed by atoms with Gasteiger partial charge in [-0.25, -0.2) is 18.4 Å². The summed E-state index contributed by atoms with van der Waals surface area (Å²) in [5.74, 6) is 0.00840. The molecule has 0 spiro atoms. The van der Waals surface area contributed by atoms with E-state index in [9.17, 15) is 8.42 Å². The molecule has 60 valence electrons. The van der Waals surface area contributed by atoms with Crippen LogP contribution in [-0.4, -0.2) is 18.4 Å². The molecule has 1 rings (SSSR count). The lowest BCUT2D eigenvalue weighted by Crippen LogP contribution is -1.97. The second kappa shape index (κ2) is 2.63. The van der Waals surface area contributed by atoms with Crippen molar-refractivity contribution < 1.29 is 8.42 Å². The number of halogens is 1. The van der Waals surface area contributed by atoms with Crippen LogP contribution in [0.1, 0.15) is 0 Å². The molecule has 5 nitrogen and oxygen atoms in total. The van der Waals surface area contributed by atoms with Crippen molar-refractivity contribution in [1.29, 1.82) is 0 Å². The molecule has 0 saturated carbocycles. The van der Waals surface area contributed by atoms with Crippen LogP contribution >= 0.6 is 10.7 Å². The van der Waals surface area contributed by atoms with Gasteiger partial charge in [0.1, 0.15) is 4.90 Å². The molecule has 0 unspecified atom stereocenters. The van der Waals surface area contributed by atoms with Crippen LogP contribution in [0.15, 0.2) is 17.3 Å². The van der Waals surface area contributed by atoms with Gasteiger partial charge in [0.2, 0.25) is 5.95 Å². The Hall–Kier alpha value is -0.880. The molecule has 0 fully saturated rings. The summed E-state index contributed by atoms with van der Waals surface area (Å²) in [6.07, 6.45) is 2.09. The first kappa shape index (κ1) is 8.22. The molecular weight excluding hydrogens is 190 g/mol. The van der Waals surface area contributed by atoms with Crippen LogP contribution in [0.4, 0.5) is 5.95 Å². The summed E-state index contributed by atoms with van der Waals surface area (Å²) in [5.41, 5.74) is 5.11. The largest absolute Gasteiger partial charge is 0.368 e. The summed E-state index contributed by atoms with van der Waals surface area (Å²) in [6, 6.07) is 0. The van der Waals surface area contributed by atoms with Gasteiger partial charge in [-0.15, -0.1) is 0 Å². The van der Waals surface area contributed by atoms with Gasteiger partial charge in [0.15, 0.2) is 0 Å². The average Bonchev–Trinajstić information content (AvgIpc) is 1.86. The van der Waals surface area contributed by atoms with Crippen molar-refractivity contribution in [3.8, 4) is 0 Å². The Kier molecular flexibility index (Phi) is 1.97. The highest BCUT2D eigenvalue weighted by Gasteiger charge is 2.09. The third kappa shape index (κ3) is 2.02. The van der Waals surface area contributed by atoms with Crippen molar-refractivity contribution in [1.82, 2.24) is 9.97 Å². The molecule has 0 radical (unpaired) electrons. The van der Waals surface area contributed by atoms with E-state index in [1.165, 1.54) is 0 Å². The quantitative estimate of drug-likeness (QED) is 0.634. The van der Waals surface area contributed by atoms with Crippen LogP contribution in [0.5, 0.6) is 0 Å². The van der Waals surface area contributed by atoms with Crippen LogP contribution in [0.2, 0.25) is 0 Å². The van der Waals surface area contributed by atoms with Crippen molar-refractivity contribution in [2.45, 2.75) is 4.90 Å². The fourth-order valence-corrected chi connectivity index (χ4v) is 1.05. The Morgan fingerprint density at radius 2 is 1.82 bits per heavy atom. The molecular formula is C4H4ClN3O2S. The molecule has 1 aromatic rings. The summed E-state index contributed by atoms with van der Waals surface area (Å²) in [4.78, 5) is 6.74. The Morgan fingerprint density at radius 1 is 1.36 bits per heavy atom. The van der Waals surface area contributed by atoms with Crippen molar-refractivity contribution in [2.75, 3.05) is 5.73 Å². The molecule has 7 heteroatoms. The molecule has 1 heterocycles. The Balaban J connectivity index is 3.20. The molecule has 0 bridgehead atoms. The van der Waals surface area contributed by atoms with Gasteiger partial charge in [-0.05, 0) is 0 Å². The van der Waals surface area contributed by atoms with E-state index in [2.05, 4.69) is 9.97 Å². The molecule has 0 saturated heterocycles. The normalized spacial score (nSPS) is 11.4. The standard InChI is InChI=1S/C4H4ClN3O2S/c5-11(9,10)3-1-7-4(6)8-2-3/h1-2H,(H2,6,7,8). The first-order chi connectivity index (χ1) is 5.00. The van der Waals surface area contributed by atoms with E-state index in [0.29, 0.717) is 0 Å². The van der Waals surface area contributed by atoms with Gasteiger partial charge in [0.25, 0.3) is 9.05 Å². The maximum Gasteiger partial charge on any atom is 0.264 e. The molecule has 11 heavy (non-hydrogen) atoms. The van der Waals surface area contributed by atoms with Crippen molar-refractivity contribution in [2.24, 2.45) is 0 Å². The van der Waals surface area contributed by atoms with E-state index in [4.69, 9.17) is 16.4 Å². The summed E-state index contributed by atoms with van der Waals surface area (Å²) in [7, 11) is 1.23. The lowest BCUT2D eigenvalue weighted by molar-refractivity contribution is 0.609. The van der Waals surface area contributed by atoms with E-state index < -0.39 is 9.05 Å². The summed E-state index contributed by atoms with van der Waals surface area (Å²) < 4.78 is 21.2. The molecule has 2 N–H and O–H groups in total. The van der Waals surface area contributed by atoms with Crippen LogP contribution in [0.3, 0.4) is 0 Å². The first-order valence-electron chi connectivity index (χ1n) is 2.52. The first-order valence-corrected chi connectivity index (χ1v) is 4.83. The van der Waals surface area contributed by atoms with Gasteiger partial charge in [-0.1, -0.05) is 0 Å². The van der Waals surface area contributed by atoms with Gasteiger partial charge >= 0.3 is 0 Å². The number of aromatic nitrogens is 2. The predicted molar refractivity (Wildman–Crippen MR) is 39.5 cm³/mol. The van der Waals surface area contributed by atoms with E-state index in [1.807, 2.05) is 0 Å². The zero-order chi connectivity index (χ0) is 8.48. The minimum Gasteiger partial charge on any atom is -0.368 e. The minimum atomic E-state index is -3.73. The summed E-state index contributed by atoms with van der Waals surface area (Å²) in [6.45, 7) is 0. The minimum absolute atomic E-state index is 0.00840. The molecule has 0 aliphatic heterocycles. The Bertz CT molecular complexity index is 346. The number of hydrogen-bond donors (Lipinski definition) is 1. The van der Waals surface area contributed by atoms with Gasteiger partial charge in [-0.3, -0.25) is 0 Å². The number of nitrogens with two attached hydrogens (primary N) is 1. The number of rotatable bonds is 1. The van der Waals surface area contributed by atoms with Crippen molar-refractivity contribution in [3.05, 3.63) is 12.4 Å². The lowest BCUT2D eigenvalue weighted by atomic mass is 10.7. The topological polar surface area (TPSA) is 85.9 Å². The second-order valence-electron chi connectivity index (χ2n) is 1.71. The van der Waals surface area contributed by atoms with Gasteiger partial charge in [0.05, 0.1) is 12.4 Å². The van der Waals surface area contributed by atoms with Crippen molar-refractivity contribution in [3.63, 3.8) is 0 Å². The van der Waals surface area contributed by atoms with Crippen molar-refractivity contribution >= 4 is 25.7 Å². The third-order valence-corrected chi connectivity index (χ3v) is 2.24. The lowest BCUT2D eigenvalue weighted by Gasteiger charge is -1.93. The highest BCUT2D eigenvalue weighted by molar-refractivity contribution is 8.13. The number of nitrogen functional groups attached to an aromatic ring is 1. The smallest absolute Gasteiger partial charge is 0.264 e. The SMILES string of the molecule is Nc1ncc(S(=O)(=O)Cl)cn1. The fraction of sp³-hybridized carbons (Fsp3) is 0. The molecule has 0 atom stereocenters. The third-order valence-electron chi connectivity index (χ3n) is 0.930. The maximum atomic E-state index is 10.6. The average molecular weight is 194 g/mol. The highest BCUT2D eigenvalue weighted by atomic mass is 35.7. The number of anilines is 1. The number of hydrogen-bond acceptors (Lipinski definition) is 5. The summed E-state index contributed by atoms with van der Waals surface area (Å²) >= 11 is 0. The maximum absolute atomic E-state index is 10.6. The summed E-state index contributed by atoms with van der Waals surface area (Å²) in [5, 5.41) is 0. The van der Waals surface area contributed by atoms with E-state index >= 15 is 0 Å².